The summed E-state index contributed by atoms with van der Waals surface area (Å²) in [5.41, 5.74) is 2.29. The first-order valence-electron chi connectivity index (χ1n) is 8.22. The van der Waals surface area contributed by atoms with E-state index in [1.165, 1.54) is 12.1 Å². The molecule has 144 valence electrons. The number of anilines is 2. The van der Waals surface area contributed by atoms with E-state index in [1.54, 1.807) is 4.90 Å². The number of cyclic esters (lactones) is 1. The van der Waals surface area contributed by atoms with Crippen LogP contribution < -0.4 is 10.2 Å². The second kappa shape index (κ2) is 7.51. The lowest BCUT2D eigenvalue weighted by atomic mass is 10.1. The van der Waals surface area contributed by atoms with Gasteiger partial charge in [0.2, 0.25) is 9.84 Å². The van der Waals surface area contributed by atoms with E-state index >= 15 is 0 Å². The molecule has 1 saturated heterocycles. The summed E-state index contributed by atoms with van der Waals surface area (Å²) in [7, 11) is -4.60. The maximum Gasteiger partial charge on any atom is 0.414 e. The van der Waals surface area contributed by atoms with Crippen LogP contribution in [0.1, 0.15) is 18.5 Å². The molecule has 2 aromatic carbocycles. The number of carbonyl (C=O) groups is 1. The largest absolute Gasteiger partial charge is 0.447 e. The number of sulfone groups is 1. The SMILES string of the molecule is CC(Nc1ccc(S(=O)(=O)C(F)F)cc1)c1ccc(N2CCOC2=O)cc1. The van der Waals surface area contributed by atoms with Crippen molar-refractivity contribution in [3.63, 3.8) is 0 Å². The van der Waals surface area contributed by atoms with Gasteiger partial charge >= 0.3 is 11.9 Å². The minimum absolute atomic E-state index is 0.123. The number of nitrogens with one attached hydrogen (secondary N) is 1. The Balaban J connectivity index is 1.68. The van der Waals surface area contributed by atoms with Gasteiger partial charge in [-0.05, 0) is 48.9 Å². The Morgan fingerprint density at radius 1 is 1.07 bits per heavy atom. The number of benzene rings is 2. The molecule has 1 atom stereocenters. The van der Waals surface area contributed by atoms with E-state index < -0.39 is 20.5 Å². The molecule has 0 radical (unpaired) electrons. The molecule has 1 fully saturated rings. The maximum atomic E-state index is 12.6. The number of ether oxygens (including phenoxy) is 1. The van der Waals surface area contributed by atoms with Gasteiger partial charge < -0.3 is 10.1 Å². The summed E-state index contributed by atoms with van der Waals surface area (Å²) in [6.07, 6.45) is -0.368. The highest BCUT2D eigenvalue weighted by Gasteiger charge is 2.26. The Morgan fingerprint density at radius 3 is 2.22 bits per heavy atom. The summed E-state index contributed by atoms with van der Waals surface area (Å²) in [5.74, 6) is -3.44. The summed E-state index contributed by atoms with van der Waals surface area (Å²) in [5, 5.41) is 3.18. The molecule has 6 nitrogen and oxygen atoms in total. The van der Waals surface area contributed by atoms with Crippen LogP contribution in [0.3, 0.4) is 0 Å². The van der Waals surface area contributed by atoms with Crippen LogP contribution in [0.2, 0.25) is 0 Å². The van der Waals surface area contributed by atoms with Crippen LogP contribution in [0.15, 0.2) is 53.4 Å². The minimum Gasteiger partial charge on any atom is -0.447 e. The van der Waals surface area contributed by atoms with Gasteiger partial charge in [0.05, 0.1) is 11.4 Å². The molecule has 0 spiro atoms. The van der Waals surface area contributed by atoms with Gasteiger partial charge in [-0.25, -0.2) is 13.2 Å². The third-order valence-electron chi connectivity index (χ3n) is 4.27. The molecule has 2 aromatic rings. The predicted molar refractivity (Wildman–Crippen MR) is 96.8 cm³/mol. The van der Waals surface area contributed by atoms with Crippen molar-refractivity contribution < 1.29 is 26.7 Å². The van der Waals surface area contributed by atoms with Crippen molar-refractivity contribution >= 4 is 27.3 Å². The number of nitrogens with zero attached hydrogens (tertiary/aromatic N) is 1. The second-order valence-electron chi connectivity index (χ2n) is 6.05. The number of amides is 1. The molecule has 27 heavy (non-hydrogen) atoms. The van der Waals surface area contributed by atoms with Crippen molar-refractivity contribution in [2.75, 3.05) is 23.4 Å². The first-order chi connectivity index (χ1) is 12.8. The average Bonchev–Trinajstić information content (AvgIpc) is 3.08. The summed E-state index contributed by atoms with van der Waals surface area (Å²) in [6, 6.07) is 12.4. The number of halogens is 2. The number of hydrogen-bond acceptors (Lipinski definition) is 5. The molecule has 1 heterocycles. The molecule has 0 saturated carbocycles. The van der Waals surface area contributed by atoms with E-state index in [9.17, 15) is 22.0 Å². The first-order valence-corrected chi connectivity index (χ1v) is 9.76. The van der Waals surface area contributed by atoms with Gasteiger partial charge in [0.15, 0.2) is 0 Å². The van der Waals surface area contributed by atoms with Crippen LogP contribution >= 0.6 is 0 Å². The zero-order valence-corrected chi connectivity index (χ0v) is 15.2. The normalized spacial score (nSPS) is 15.7. The summed E-state index contributed by atoms with van der Waals surface area (Å²) < 4.78 is 52.9. The van der Waals surface area contributed by atoms with Crippen LogP contribution in [-0.4, -0.2) is 33.4 Å². The molecule has 1 aliphatic rings. The second-order valence-corrected chi connectivity index (χ2v) is 7.97. The summed E-state index contributed by atoms with van der Waals surface area (Å²) in [4.78, 5) is 12.7. The van der Waals surface area contributed by atoms with E-state index in [0.717, 1.165) is 23.4 Å². The van der Waals surface area contributed by atoms with Crippen molar-refractivity contribution in [2.24, 2.45) is 0 Å². The number of carbonyl (C=O) groups excluding carboxylic acids is 1. The first kappa shape index (κ1) is 19.1. The van der Waals surface area contributed by atoms with E-state index in [1.807, 2.05) is 31.2 Å². The van der Waals surface area contributed by atoms with Gasteiger partial charge in [-0.1, -0.05) is 12.1 Å². The van der Waals surface area contributed by atoms with Crippen molar-refractivity contribution in [3.8, 4) is 0 Å². The monoisotopic (exact) mass is 396 g/mol. The molecule has 0 bridgehead atoms. The third-order valence-corrected chi connectivity index (χ3v) is 5.66. The number of alkyl halides is 2. The number of rotatable bonds is 6. The molecule has 3 rings (SSSR count). The molecule has 1 N–H and O–H groups in total. The molecule has 1 aliphatic heterocycles. The lowest BCUT2D eigenvalue weighted by molar-refractivity contribution is 0.181. The highest BCUT2D eigenvalue weighted by molar-refractivity contribution is 7.91. The Hall–Kier alpha value is -2.68. The fourth-order valence-corrected chi connectivity index (χ4v) is 3.47. The lowest BCUT2D eigenvalue weighted by Crippen LogP contribution is -2.23. The Kier molecular flexibility index (Phi) is 5.31. The van der Waals surface area contributed by atoms with Gasteiger partial charge in [0.1, 0.15) is 6.61 Å². The van der Waals surface area contributed by atoms with Crippen LogP contribution in [-0.2, 0) is 14.6 Å². The molecule has 9 heteroatoms. The highest BCUT2D eigenvalue weighted by atomic mass is 32.2. The fraction of sp³-hybridized carbons (Fsp3) is 0.278. The smallest absolute Gasteiger partial charge is 0.414 e. The summed E-state index contributed by atoms with van der Waals surface area (Å²) in [6.45, 7) is 2.79. The van der Waals surface area contributed by atoms with E-state index in [2.05, 4.69) is 5.32 Å². The van der Waals surface area contributed by atoms with Crippen LogP contribution in [0, 0.1) is 0 Å². The number of hydrogen-bond donors (Lipinski definition) is 1. The van der Waals surface area contributed by atoms with E-state index in [-0.39, 0.29) is 12.1 Å². The average molecular weight is 396 g/mol. The van der Waals surface area contributed by atoms with Crippen molar-refractivity contribution in [1.82, 2.24) is 0 Å². The molecule has 1 unspecified atom stereocenters. The summed E-state index contributed by atoms with van der Waals surface area (Å²) >= 11 is 0. The van der Waals surface area contributed by atoms with Gasteiger partial charge in [-0.3, -0.25) is 4.90 Å². The molecule has 1 amide bonds. The highest BCUT2D eigenvalue weighted by Crippen LogP contribution is 2.25. The zero-order valence-electron chi connectivity index (χ0n) is 14.4. The predicted octanol–water partition coefficient (Wildman–Crippen LogP) is 3.81. The van der Waals surface area contributed by atoms with Gasteiger partial charge in [-0.2, -0.15) is 8.78 Å². The molecular formula is C18H18F2N2O4S. The van der Waals surface area contributed by atoms with Gasteiger partial charge in [-0.15, -0.1) is 0 Å². The molecular weight excluding hydrogens is 378 g/mol. The van der Waals surface area contributed by atoms with Crippen LogP contribution in [0.4, 0.5) is 25.0 Å². The van der Waals surface area contributed by atoms with Gasteiger partial charge in [0.25, 0.3) is 0 Å². The Labute approximate surface area is 155 Å². The molecule has 0 aromatic heterocycles. The quantitative estimate of drug-likeness (QED) is 0.804. The minimum atomic E-state index is -4.60. The molecule has 0 aliphatic carbocycles. The van der Waals surface area contributed by atoms with Crippen LogP contribution in [0.5, 0.6) is 0 Å². The Bertz CT molecular complexity index is 915. The van der Waals surface area contributed by atoms with Crippen molar-refractivity contribution in [2.45, 2.75) is 23.6 Å². The van der Waals surface area contributed by atoms with E-state index in [0.29, 0.717) is 18.8 Å². The van der Waals surface area contributed by atoms with Crippen LogP contribution in [0.25, 0.3) is 0 Å². The van der Waals surface area contributed by atoms with Crippen molar-refractivity contribution in [1.29, 1.82) is 0 Å². The zero-order chi connectivity index (χ0) is 19.6. The van der Waals surface area contributed by atoms with E-state index in [4.69, 9.17) is 4.74 Å². The maximum absolute atomic E-state index is 12.6. The topological polar surface area (TPSA) is 75.7 Å². The lowest BCUT2D eigenvalue weighted by Gasteiger charge is -2.18. The Morgan fingerprint density at radius 2 is 1.70 bits per heavy atom. The van der Waals surface area contributed by atoms with Gasteiger partial charge in [0, 0.05) is 17.4 Å². The van der Waals surface area contributed by atoms with Crippen molar-refractivity contribution in [3.05, 3.63) is 54.1 Å². The third kappa shape index (κ3) is 4.02. The standard InChI is InChI=1S/C18H18F2N2O4S/c1-12(13-2-6-15(7-3-13)22-10-11-26-18(22)23)21-14-4-8-16(9-5-14)27(24,25)17(19)20/h2-9,12,17,21H,10-11H2,1H3. The fourth-order valence-electron chi connectivity index (χ4n) is 2.75.